The first kappa shape index (κ1) is 29.5. The number of H-pyrrole nitrogens is 1. The van der Waals surface area contributed by atoms with Gasteiger partial charge in [0.2, 0.25) is 0 Å². The summed E-state index contributed by atoms with van der Waals surface area (Å²) in [4.78, 5) is 42.1. The van der Waals surface area contributed by atoms with Crippen LogP contribution in [-0.4, -0.2) is 49.7 Å². The Hall–Kier alpha value is -4.10. The molecular weight excluding hydrogens is 486 g/mol. The number of nitrogens with one attached hydrogen (secondary N) is 1. The van der Waals surface area contributed by atoms with Gasteiger partial charge >= 0.3 is 0 Å². The van der Waals surface area contributed by atoms with Crippen LogP contribution in [0.3, 0.4) is 0 Å². The highest BCUT2D eigenvalue weighted by molar-refractivity contribution is 6.21. The van der Waals surface area contributed by atoms with E-state index in [-0.39, 0.29) is 46.7 Å². The molecule has 0 bridgehead atoms. The second-order valence-electron chi connectivity index (χ2n) is 9.32. The summed E-state index contributed by atoms with van der Waals surface area (Å²) in [6.07, 6.45) is 9.01. The van der Waals surface area contributed by atoms with Crippen molar-refractivity contribution in [2.45, 2.75) is 54.1 Å². The van der Waals surface area contributed by atoms with Gasteiger partial charge < -0.3 is 4.98 Å². The van der Waals surface area contributed by atoms with Crippen molar-refractivity contribution in [3.63, 3.8) is 0 Å². The van der Waals surface area contributed by atoms with E-state index in [4.69, 9.17) is 9.97 Å². The van der Waals surface area contributed by atoms with Crippen LogP contribution in [0.5, 0.6) is 0 Å². The molecule has 2 aromatic carbocycles. The molecule has 6 rings (SSSR count). The standard InChI is InChI=1S/C29H27N5O2.3CH4/c35-28-21-11-1-2-12-22(21)29(36)34(28)18-6-5-17-33(19-26-31-23-13-3-4-14-24(23)32-26)25-15-7-9-20-10-8-16-30-27(20)25;;;/h1-6,8,10-14,16,25H,7,9,15,17-19H2,(H,31,32);3*1H4/b6-5+;;;. The number of para-hydroxylation sites is 2. The van der Waals surface area contributed by atoms with Crippen LogP contribution in [0.25, 0.3) is 11.0 Å². The minimum Gasteiger partial charge on any atom is -0.341 e. The number of aromatic nitrogens is 3. The van der Waals surface area contributed by atoms with E-state index in [0.29, 0.717) is 24.2 Å². The third-order valence-corrected chi connectivity index (χ3v) is 7.07. The number of rotatable bonds is 7. The van der Waals surface area contributed by atoms with Crippen molar-refractivity contribution < 1.29 is 9.59 Å². The fourth-order valence-corrected chi connectivity index (χ4v) is 5.31. The predicted molar refractivity (Wildman–Crippen MR) is 158 cm³/mol. The Bertz CT molecular complexity index is 1410. The number of imidazole rings is 1. The van der Waals surface area contributed by atoms with Crippen molar-refractivity contribution in [2.24, 2.45) is 0 Å². The zero-order chi connectivity index (χ0) is 24.5. The highest BCUT2D eigenvalue weighted by Gasteiger charge is 2.34. The van der Waals surface area contributed by atoms with E-state index < -0.39 is 0 Å². The van der Waals surface area contributed by atoms with E-state index in [9.17, 15) is 9.59 Å². The van der Waals surface area contributed by atoms with Gasteiger partial charge in [0.1, 0.15) is 5.82 Å². The minimum atomic E-state index is -0.232. The molecule has 1 atom stereocenters. The summed E-state index contributed by atoms with van der Waals surface area (Å²) in [6.45, 7) is 1.55. The predicted octanol–water partition coefficient (Wildman–Crippen LogP) is 6.60. The number of carbonyl (C=O) groups is 2. The maximum Gasteiger partial charge on any atom is 0.261 e. The van der Waals surface area contributed by atoms with Gasteiger partial charge in [-0.2, -0.15) is 0 Å². The Morgan fingerprint density at radius 2 is 1.64 bits per heavy atom. The van der Waals surface area contributed by atoms with Gasteiger partial charge in [0.25, 0.3) is 11.8 Å². The van der Waals surface area contributed by atoms with E-state index >= 15 is 0 Å². The quantitative estimate of drug-likeness (QED) is 0.217. The molecule has 1 aliphatic carbocycles. The molecule has 204 valence electrons. The molecule has 2 aromatic heterocycles. The average Bonchev–Trinajstić information content (AvgIpc) is 3.44. The summed E-state index contributed by atoms with van der Waals surface area (Å²) in [6, 6.07) is 19.4. The number of hydrogen-bond donors (Lipinski definition) is 1. The monoisotopic (exact) mass is 525 g/mol. The zero-order valence-electron chi connectivity index (χ0n) is 19.9. The van der Waals surface area contributed by atoms with Crippen molar-refractivity contribution in [1.29, 1.82) is 0 Å². The van der Waals surface area contributed by atoms with Crippen LogP contribution in [-0.2, 0) is 13.0 Å². The lowest BCUT2D eigenvalue weighted by Crippen LogP contribution is -2.33. The molecule has 7 nitrogen and oxygen atoms in total. The van der Waals surface area contributed by atoms with Gasteiger partial charge in [-0.25, -0.2) is 4.98 Å². The Balaban J connectivity index is 0.00000140. The van der Waals surface area contributed by atoms with Crippen LogP contribution in [0.2, 0.25) is 0 Å². The zero-order valence-corrected chi connectivity index (χ0v) is 19.9. The highest BCUT2D eigenvalue weighted by atomic mass is 16.2. The van der Waals surface area contributed by atoms with E-state index in [1.54, 1.807) is 24.3 Å². The molecule has 1 N–H and O–H groups in total. The first-order valence-electron chi connectivity index (χ1n) is 12.4. The lowest BCUT2D eigenvalue weighted by atomic mass is 9.90. The van der Waals surface area contributed by atoms with Crippen LogP contribution in [0.1, 0.15) is 79.0 Å². The number of aryl methyl sites for hydroxylation is 1. The second-order valence-corrected chi connectivity index (χ2v) is 9.32. The molecule has 7 heteroatoms. The fraction of sp³-hybridized carbons (Fsp3) is 0.312. The largest absolute Gasteiger partial charge is 0.341 e. The number of fused-ring (bicyclic) bond motifs is 3. The normalized spacial score (nSPS) is 16.0. The third-order valence-electron chi connectivity index (χ3n) is 7.07. The van der Waals surface area contributed by atoms with Gasteiger partial charge in [-0.1, -0.05) is 64.8 Å². The molecule has 0 spiro atoms. The molecular formula is C32H39N5O2. The number of amides is 2. The van der Waals surface area contributed by atoms with Crippen LogP contribution >= 0.6 is 0 Å². The van der Waals surface area contributed by atoms with Gasteiger partial charge in [-0.3, -0.25) is 24.4 Å². The maximum atomic E-state index is 12.7. The van der Waals surface area contributed by atoms with E-state index in [1.807, 2.05) is 48.7 Å². The average molecular weight is 526 g/mol. The smallest absolute Gasteiger partial charge is 0.261 e. The molecule has 0 radical (unpaired) electrons. The van der Waals surface area contributed by atoms with Gasteiger partial charge in [0.05, 0.1) is 40.4 Å². The van der Waals surface area contributed by atoms with Crippen molar-refractivity contribution in [1.82, 2.24) is 24.8 Å². The maximum absolute atomic E-state index is 12.7. The molecule has 0 fully saturated rings. The Morgan fingerprint density at radius 1 is 0.923 bits per heavy atom. The summed E-state index contributed by atoms with van der Waals surface area (Å²) in [5.74, 6) is 0.447. The number of nitrogens with zero attached hydrogens (tertiary/aromatic N) is 4. The van der Waals surface area contributed by atoms with Crippen molar-refractivity contribution in [2.75, 3.05) is 13.1 Å². The number of benzene rings is 2. The lowest BCUT2D eigenvalue weighted by molar-refractivity contribution is 0.0671. The molecule has 39 heavy (non-hydrogen) atoms. The topological polar surface area (TPSA) is 82.2 Å². The number of imide groups is 1. The second kappa shape index (κ2) is 12.6. The van der Waals surface area contributed by atoms with E-state index in [1.165, 1.54) is 10.5 Å². The van der Waals surface area contributed by atoms with Crippen molar-refractivity contribution >= 4 is 22.8 Å². The third kappa shape index (κ3) is 5.68. The number of pyridine rings is 1. The molecule has 1 unspecified atom stereocenters. The van der Waals surface area contributed by atoms with Crippen molar-refractivity contribution in [3.8, 4) is 0 Å². The summed E-state index contributed by atoms with van der Waals surface area (Å²) in [5, 5.41) is 0. The molecule has 4 aromatic rings. The van der Waals surface area contributed by atoms with E-state index in [2.05, 4.69) is 16.0 Å². The molecule has 2 amide bonds. The molecule has 3 heterocycles. The first-order valence-corrected chi connectivity index (χ1v) is 12.4. The van der Waals surface area contributed by atoms with Crippen LogP contribution < -0.4 is 0 Å². The summed E-state index contributed by atoms with van der Waals surface area (Å²) in [5.41, 5.74) is 5.37. The molecule has 2 aliphatic rings. The molecule has 0 saturated heterocycles. The number of carbonyl (C=O) groups excluding carboxylic acids is 2. The fourth-order valence-electron chi connectivity index (χ4n) is 5.31. The Kier molecular flexibility index (Phi) is 9.54. The number of aromatic amines is 1. The summed E-state index contributed by atoms with van der Waals surface area (Å²) >= 11 is 0. The Labute approximate surface area is 231 Å². The lowest BCUT2D eigenvalue weighted by Gasteiger charge is -2.34. The van der Waals surface area contributed by atoms with Crippen LogP contribution in [0.15, 0.2) is 79.0 Å². The van der Waals surface area contributed by atoms with Gasteiger partial charge in [-0.15, -0.1) is 0 Å². The van der Waals surface area contributed by atoms with Gasteiger partial charge in [0, 0.05) is 19.3 Å². The van der Waals surface area contributed by atoms with Gasteiger partial charge in [-0.05, 0) is 55.2 Å². The van der Waals surface area contributed by atoms with Crippen LogP contribution in [0, 0.1) is 0 Å². The van der Waals surface area contributed by atoms with Crippen molar-refractivity contribution in [3.05, 3.63) is 107 Å². The van der Waals surface area contributed by atoms with Crippen LogP contribution in [0.4, 0.5) is 0 Å². The molecule has 0 saturated carbocycles. The molecule has 1 aliphatic heterocycles. The SMILES string of the molecule is C.C.C.O=C1c2ccccc2C(=O)N1C/C=C/CN(Cc1nc2ccccc2[nH]1)C1CCCc2cccnc21. The first-order chi connectivity index (χ1) is 17.7. The summed E-state index contributed by atoms with van der Waals surface area (Å²) in [7, 11) is 0. The van der Waals surface area contributed by atoms with E-state index in [0.717, 1.165) is 41.8 Å². The highest BCUT2D eigenvalue weighted by Crippen LogP contribution is 2.33. The number of hydrogen-bond acceptors (Lipinski definition) is 5. The minimum absolute atomic E-state index is 0. The van der Waals surface area contributed by atoms with Gasteiger partial charge in [0.15, 0.2) is 0 Å². The Morgan fingerprint density at radius 3 is 2.38 bits per heavy atom. The summed E-state index contributed by atoms with van der Waals surface area (Å²) < 4.78 is 0.